The van der Waals surface area contributed by atoms with E-state index in [0.717, 1.165) is 26.2 Å². The van der Waals surface area contributed by atoms with Gasteiger partial charge in [0.05, 0.1) is 0 Å². The monoisotopic (exact) mass is 302 g/mol. The zero-order valence-electron chi connectivity index (χ0n) is 12.2. The molecule has 3 rings (SSSR count). The first-order valence-corrected chi connectivity index (χ1v) is 8.56. The van der Waals surface area contributed by atoms with Crippen molar-refractivity contribution in [2.45, 2.75) is 38.4 Å². The number of aromatic nitrogens is 2. The predicted octanol–water partition coefficient (Wildman–Crippen LogP) is 2.68. The lowest BCUT2D eigenvalue weighted by Crippen LogP contribution is -2.35. The van der Waals surface area contributed by atoms with E-state index in [1.165, 1.54) is 30.4 Å². The summed E-state index contributed by atoms with van der Waals surface area (Å²) >= 11 is 1.77. The molecule has 1 atom stereocenters. The molecule has 5 heteroatoms. The fourth-order valence-corrected chi connectivity index (χ4v) is 3.60. The van der Waals surface area contributed by atoms with Crippen LogP contribution in [0, 0.1) is 0 Å². The predicted molar refractivity (Wildman–Crippen MR) is 86.1 cm³/mol. The first-order chi connectivity index (χ1) is 10.4. The van der Waals surface area contributed by atoms with Crippen LogP contribution in [0.25, 0.3) is 0 Å². The second kappa shape index (κ2) is 7.64. The van der Waals surface area contributed by atoms with Crippen LogP contribution in [0.1, 0.15) is 30.4 Å². The van der Waals surface area contributed by atoms with Crippen molar-refractivity contribution in [1.82, 2.24) is 20.2 Å². The Morgan fingerprint density at radius 3 is 2.81 bits per heavy atom. The zero-order chi connectivity index (χ0) is 14.3. The van der Waals surface area contributed by atoms with Gasteiger partial charge in [0.15, 0.2) is 0 Å². The molecular formula is C16H22N4S. The summed E-state index contributed by atoms with van der Waals surface area (Å²) in [5.74, 6) is 0. The maximum absolute atomic E-state index is 4.15. The van der Waals surface area contributed by atoms with Crippen molar-refractivity contribution in [3.63, 3.8) is 0 Å². The van der Waals surface area contributed by atoms with E-state index in [-0.39, 0.29) is 0 Å². The molecular weight excluding hydrogens is 280 g/mol. The van der Waals surface area contributed by atoms with E-state index in [2.05, 4.69) is 37.0 Å². The molecule has 0 amide bonds. The Balaban J connectivity index is 1.72. The molecule has 0 bridgehead atoms. The normalized spacial score (nSPS) is 19.6. The summed E-state index contributed by atoms with van der Waals surface area (Å²) in [5, 5.41) is 7.92. The molecule has 0 aliphatic carbocycles. The Kier molecular flexibility index (Phi) is 5.32. The van der Waals surface area contributed by atoms with Crippen LogP contribution in [0.4, 0.5) is 0 Å². The molecule has 0 aromatic carbocycles. The Labute approximate surface area is 130 Å². The van der Waals surface area contributed by atoms with Crippen LogP contribution in [0.5, 0.6) is 0 Å². The van der Waals surface area contributed by atoms with Gasteiger partial charge in [0.25, 0.3) is 0 Å². The molecule has 2 aromatic rings. The molecule has 4 nitrogen and oxygen atoms in total. The third kappa shape index (κ3) is 4.33. The van der Waals surface area contributed by atoms with Crippen LogP contribution < -0.4 is 5.32 Å². The standard InChI is InChI=1S/C16H22N4S/c1-2-16(3-6-17-5-1)20(10-14-4-7-21-12-14)11-15-8-18-13-19-9-15/h4,7-9,12-13,16-17H,1-3,5-6,10-11H2/t16-/m0/s1. The van der Waals surface area contributed by atoms with E-state index < -0.39 is 0 Å². The molecule has 1 N–H and O–H groups in total. The fraction of sp³-hybridized carbons (Fsp3) is 0.500. The molecule has 112 valence electrons. The van der Waals surface area contributed by atoms with Gasteiger partial charge in [-0.25, -0.2) is 9.97 Å². The van der Waals surface area contributed by atoms with Gasteiger partial charge in [0.1, 0.15) is 6.33 Å². The molecule has 1 fully saturated rings. The Bertz CT molecular complexity index is 506. The van der Waals surface area contributed by atoms with Gasteiger partial charge in [-0.3, -0.25) is 4.90 Å². The minimum atomic E-state index is 0.639. The van der Waals surface area contributed by atoms with Crippen molar-refractivity contribution in [3.05, 3.63) is 46.7 Å². The molecule has 21 heavy (non-hydrogen) atoms. The van der Waals surface area contributed by atoms with Crippen LogP contribution in [0.3, 0.4) is 0 Å². The van der Waals surface area contributed by atoms with E-state index in [1.807, 2.05) is 12.4 Å². The Morgan fingerprint density at radius 1 is 1.14 bits per heavy atom. The number of nitrogens with zero attached hydrogens (tertiary/aromatic N) is 3. The van der Waals surface area contributed by atoms with Crippen molar-refractivity contribution in [1.29, 1.82) is 0 Å². The summed E-state index contributed by atoms with van der Waals surface area (Å²) in [6.45, 7) is 4.22. The third-order valence-corrected chi connectivity index (χ3v) is 4.76. The Morgan fingerprint density at radius 2 is 2.00 bits per heavy atom. The van der Waals surface area contributed by atoms with Crippen LogP contribution in [-0.4, -0.2) is 34.0 Å². The van der Waals surface area contributed by atoms with E-state index in [1.54, 1.807) is 17.7 Å². The van der Waals surface area contributed by atoms with Gasteiger partial charge in [0, 0.05) is 37.1 Å². The van der Waals surface area contributed by atoms with E-state index >= 15 is 0 Å². The number of hydrogen-bond acceptors (Lipinski definition) is 5. The summed E-state index contributed by atoms with van der Waals surface area (Å²) in [4.78, 5) is 10.9. The molecule has 0 spiro atoms. The van der Waals surface area contributed by atoms with Crippen LogP contribution in [-0.2, 0) is 13.1 Å². The van der Waals surface area contributed by atoms with E-state index in [9.17, 15) is 0 Å². The minimum absolute atomic E-state index is 0.639. The highest BCUT2D eigenvalue weighted by atomic mass is 32.1. The highest BCUT2D eigenvalue weighted by Gasteiger charge is 2.20. The average Bonchev–Trinajstić information content (AvgIpc) is 2.87. The number of hydrogen-bond donors (Lipinski definition) is 1. The van der Waals surface area contributed by atoms with Crippen molar-refractivity contribution in [2.75, 3.05) is 13.1 Å². The third-order valence-electron chi connectivity index (χ3n) is 4.03. The lowest BCUT2D eigenvalue weighted by molar-refractivity contribution is 0.164. The van der Waals surface area contributed by atoms with Crippen molar-refractivity contribution < 1.29 is 0 Å². The topological polar surface area (TPSA) is 41.1 Å². The second-order valence-electron chi connectivity index (χ2n) is 5.62. The number of thiophene rings is 1. The lowest BCUT2D eigenvalue weighted by atomic mass is 10.1. The molecule has 1 aliphatic rings. The summed E-state index contributed by atoms with van der Waals surface area (Å²) in [7, 11) is 0. The van der Waals surface area contributed by atoms with Crippen LogP contribution in [0.2, 0.25) is 0 Å². The smallest absolute Gasteiger partial charge is 0.115 e. The molecule has 0 saturated carbocycles. The largest absolute Gasteiger partial charge is 0.317 e. The zero-order valence-corrected chi connectivity index (χ0v) is 13.1. The molecule has 0 radical (unpaired) electrons. The van der Waals surface area contributed by atoms with Gasteiger partial charge in [0.2, 0.25) is 0 Å². The molecule has 2 aromatic heterocycles. The van der Waals surface area contributed by atoms with E-state index in [0.29, 0.717) is 6.04 Å². The summed E-state index contributed by atoms with van der Waals surface area (Å²) in [6, 6.07) is 2.87. The van der Waals surface area contributed by atoms with Gasteiger partial charge in [-0.2, -0.15) is 11.3 Å². The summed E-state index contributed by atoms with van der Waals surface area (Å²) < 4.78 is 0. The van der Waals surface area contributed by atoms with Gasteiger partial charge in [-0.1, -0.05) is 0 Å². The quantitative estimate of drug-likeness (QED) is 0.922. The fourth-order valence-electron chi connectivity index (χ4n) is 2.94. The van der Waals surface area contributed by atoms with Gasteiger partial charge >= 0.3 is 0 Å². The summed E-state index contributed by atoms with van der Waals surface area (Å²) in [5.41, 5.74) is 2.61. The first kappa shape index (κ1) is 14.6. The highest BCUT2D eigenvalue weighted by molar-refractivity contribution is 7.07. The van der Waals surface area contributed by atoms with Crippen molar-refractivity contribution >= 4 is 11.3 Å². The van der Waals surface area contributed by atoms with Crippen molar-refractivity contribution in [2.24, 2.45) is 0 Å². The van der Waals surface area contributed by atoms with Crippen LogP contribution >= 0.6 is 11.3 Å². The SMILES string of the molecule is c1ncc(CN(Cc2ccsc2)[C@H]2CCCNCC2)cn1. The van der Waals surface area contributed by atoms with Crippen molar-refractivity contribution in [3.8, 4) is 0 Å². The van der Waals surface area contributed by atoms with E-state index in [4.69, 9.17) is 0 Å². The summed E-state index contributed by atoms with van der Waals surface area (Å²) in [6.07, 6.45) is 9.21. The number of nitrogens with one attached hydrogen (secondary N) is 1. The lowest BCUT2D eigenvalue weighted by Gasteiger charge is -2.30. The Hall–Kier alpha value is -1.30. The highest BCUT2D eigenvalue weighted by Crippen LogP contribution is 2.20. The first-order valence-electron chi connectivity index (χ1n) is 7.61. The molecule has 0 unspecified atom stereocenters. The second-order valence-corrected chi connectivity index (χ2v) is 6.40. The van der Waals surface area contributed by atoms with Gasteiger partial charge in [-0.05, 0) is 54.7 Å². The van der Waals surface area contributed by atoms with Gasteiger partial charge in [-0.15, -0.1) is 0 Å². The van der Waals surface area contributed by atoms with Gasteiger partial charge < -0.3 is 5.32 Å². The minimum Gasteiger partial charge on any atom is -0.317 e. The molecule has 1 saturated heterocycles. The maximum Gasteiger partial charge on any atom is 0.115 e. The molecule has 3 heterocycles. The molecule has 1 aliphatic heterocycles. The number of rotatable bonds is 5. The average molecular weight is 302 g/mol. The maximum atomic E-state index is 4.15. The van der Waals surface area contributed by atoms with Crippen LogP contribution in [0.15, 0.2) is 35.5 Å².